The van der Waals surface area contributed by atoms with Gasteiger partial charge in [0.1, 0.15) is 0 Å². The summed E-state index contributed by atoms with van der Waals surface area (Å²) in [7, 11) is 0. The molecule has 6 nitrogen and oxygen atoms in total. The Balaban J connectivity index is 1.24. The van der Waals surface area contributed by atoms with E-state index in [1.54, 1.807) is 0 Å². The second-order valence-corrected chi connectivity index (χ2v) is 11.8. The van der Waals surface area contributed by atoms with Crippen LogP contribution in [0.25, 0.3) is 10.8 Å². The molecule has 0 bridgehead atoms. The van der Waals surface area contributed by atoms with Gasteiger partial charge in [0.2, 0.25) is 5.91 Å². The molecular weight excluding hydrogens is 520 g/mol. The highest BCUT2D eigenvalue weighted by Gasteiger charge is 2.32. The summed E-state index contributed by atoms with van der Waals surface area (Å²) in [4.78, 5) is 31.4. The van der Waals surface area contributed by atoms with Crippen molar-refractivity contribution >= 4 is 34.2 Å². The van der Waals surface area contributed by atoms with Crippen molar-refractivity contribution in [1.82, 2.24) is 20.4 Å². The van der Waals surface area contributed by atoms with Crippen LogP contribution in [0.15, 0.2) is 66.7 Å². The van der Waals surface area contributed by atoms with E-state index in [-0.39, 0.29) is 29.8 Å². The number of nitrogens with one attached hydrogen (secondary N) is 2. The first-order valence-electron chi connectivity index (χ1n) is 14.8. The zero-order valence-electron chi connectivity index (χ0n) is 23.4. The Morgan fingerprint density at radius 1 is 1.00 bits per heavy atom. The molecule has 2 fully saturated rings. The molecule has 2 aliphatic heterocycles. The largest absolute Gasteiger partial charge is 0.350 e. The number of benzene rings is 3. The smallest absolute Gasteiger partial charge is 0.251 e. The van der Waals surface area contributed by atoms with Crippen LogP contribution in [0.1, 0.15) is 60.9 Å². The first-order chi connectivity index (χ1) is 19.5. The maximum absolute atomic E-state index is 13.8. The summed E-state index contributed by atoms with van der Waals surface area (Å²) in [6.45, 7) is 7.13. The van der Waals surface area contributed by atoms with Gasteiger partial charge in [-0.25, -0.2) is 0 Å². The number of likely N-dealkylation sites (tertiary alicyclic amines) is 1. The summed E-state index contributed by atoms with van der Waals surface area (Å²) < 4.78 is 0. The number of rotatable bonds is 9. The molecule has 0 aliphatic carbocycles. The normalized spacial score (nSPS) is 21.2. The van der Waals surface area contributed by atoms with E-state index in [4.69, 9.17) is 11.6 Å². The molecule has 212 valence electrons. The highest BCUT2D eigenvalue weighted by molar-refractivity contribution is 6.30. The number of carbonyl (C=O) groups excluding carboxylic acids is 2. The number of nitrogens with zero attached hydrogens (tertiary/aromatic N) is 2. The number of amides is 2. The van der Waals surface area contributed by atoms with Crippen molar-refractivity contribution in [1.29, 1.82) is 0 Å². The van der Waals surface area contributed by atoms with Gasteiger partial charge in [-0.05, 0) is 85.3 Å². The van der Waals surface area contributed by atoms with Crippen LogP contribution in [-0.2, 0) is 4.79 Å². The van der Waals surface area contributed by atoms with Gasteiger partial charge in [0.15, 0.2) is 0 Å². The summed E-state index contributed by atoms with van der Waals surface area (Å²) in [6, 6.07) is 21.6. The van der Waals surface area contributed by atoms with Crippen LogP contribution >= 0.6 is 11.6 Å². The van der Waals surface area contributed by atoms with Gasteiger partial charge in [-0.2, -0.15) is 0 Å². The van der Waals surface area contributed by atoms with Crippen LogP contribution in [0.5, 0.6) is 0 Å². The Hall–Kier alpha value is -2.93. The molecule has 0 aromatic heterocycles. The minimum atomic E-state index is -0.260. The molecule has 2 heterocycles. The molecular formula is C33H41ClN4O2. The maximum Gasteiger partial charge on any atom is 0.251 e. The number of hydrogen-bond acceptors (Lipinski definition) is 4. The van der Waals surface area contributed by atoms with Gasteiger partial charge >= 0.3 is 0 Å². The number of halogens is 1. The molecule has 0 radical (unpaired) electrons. The molecule has 7 heteroatoms. The van der Waals surface area contributed by atoms with Crippen molar-refractivity contribution in [2.75, 3.05) is 39.3 Å². The SMILES string of the molecule is C[C@@H](CN1CC[C@@H](CNC(=O)c2ccc3ccccc3c2)N[C@@H](CCN2CCCCC2)C1=O)c1ccc(Cl)cc1. The summed E-state index contributed by atoms with van der Waals surface area (Å²) in [5, 5.41) is 9.67. The average Bonchev–Trinajstić information content (AvgIpc) is 3.13. The maximum atomic E-state index is 13.8. The van der Waals surface area contributed by atoms with Gasteiger partial charge in [0.05, 0.1) is 6.04 Å². The summed E-state index contributed by atoms with van der Waals surface area (Å²) in [5.74, 6) is 0.288. The molecule has 3 atom stereocenters. The van der Waals surface area contributed by atoms with Gasteiger partial charge in [0, 0.05) is 42.8 Å². The highest BCUT2D eigenvalue weighted by atomic mass is 35.5. The van der Waals surface area contributed by atoms with Crippen LogP contribution in [0.2, 0.25) is 5.02 Å². The summed E-state index contributed by atoms with van der Waals surface area (Å²) in [6.07, 6.45) is 5.34. The van der Waals surface area contributed by atoms with Crippen molar-refractivity contribution in [3.8, 4) is 0 Å². The fourth-order valence-corrected chi connectivity index (χ4v) is 6.13. The Morgan fingerprint density at radius 2 is 1.75 bits per heavy atom. The van der Waals surface area contributed by atoms with Gasteiger partial charge in [-0.1, -0.05) is 67.4 Å². The quantitative estimate of drug-likeness (QED) is 0.365. The van der Waals surface area contributed by atoms with Gasteiger partial charge in [0.25, 0.3) is 5.91 Å². The van der Waals surface area contributed by atoms with E-state index in [9.17, 15) is 9.59 Å². The first-order valence-corrected chi connectivity index (χ1v) is 15.1. The second kappa shape index (κ2) is 13.6. The van der Waals surface area contributed by atoms with Crippen molar-refractivity contribution in [3.63, 3.8) is 0 Å². The van der Waals surface area contributed by atoms with Crippen LogP contribution in [0.3, 0.4) is 0 Å². The number of carbonyl (C=O) groups is 2. The van der Waals surface area contributed by atoms with Crippen molar-refractivity contribution < 1.29 is 9.59 Å². The second-order valence-electron chi connectivity index (χ2n) is 11.4. The lowest BCUT2D eigenvalue weighted by Gasteiger charge is -2.30. The Labute approximate surface area is 243 Å². The molecule has 0 saturated carbocycles. The third-order valence-corrected chi connectivity index (χ3v) is 8.68. The van der Waals surface area contributed by atoms with E-state index in [1.165, 1.54) is 24.8 Å². The molecule has 3 aromatic rings. The zero-order chi connectivity index (χ0) is 27.9. The summed E-state index contributed by atoms with van der Waals surface area (Å²) >= 11 is 6.10. The topological polar surface area (TPSA) is 64.7 Å². The van der Waals surface area contributed by atoms with E-state index in [1.807, 2.05) is 71.6 Å². The fourth-order valence-electron chi connectivity index (χ4n) is 6.00. The van der Waals surface area contributed by atoms with Gasteiger partial charge in [-0.3, -0.25) is 9.59 Å². The Kier molecular flexibility index (Phi) is 9.74. The first kappa shape index (κ1) is 28.6. The molecule has 5 rings (SSSR count). The van der Waals surface area contributed by atoms with Crippen LogP contribution in [0.4, 0.5) is 0 Å². The standard InChI is InChI=1S/C33H41ClN4O2/c1-24(25-11-13-29(34)14-12-25)23-38-20-15-30(36-31(33(38)40)16-19-37-17-5-2-6-18-37)22-35-32(39)28-10-9-26-7-3-4-8-27(26)21-28/h3-4,7-14,21,24,30-31,36H,2,5-6,15-20,22-23H2,1H3,(H,35,39)/t24-,30-,31-/m0/s1. The number of fused-ring (bicyclic) bond motifs is 1. The lowest BCUT2D eigenvalue weighted by Crippen LogP contribution is -2.50. The van der Waals surface area contributed by atoms with Gasteiger partial charge < -0.3 is 20.4 Å². The molecule has 2 saturated heterocycles. The highest BCUT2D eigenvalue weighted by Crippen LogP contribution is 2.22. The minimum absolute atomic E-state index is 0.0237. The molecule has 0 unspecified atom stereocenters. The van der Waals surface area contributed by atoms with E-state index in [0.29, 0.717) is 25.2 Å². The lowest BCUT2D eigenvalue weighted by molar-refractivity contribution is -0.133. The van der Waals surface area contributed by atoms with E-state index in [0.717, 1.165) is 48.3 Å². The number of piperidine rings is 1. The predicted molar refractivity (Wildman–Crippen MR) is 163 cm³/mol. The monoisotopic (exact) mass is 560 g/mol. The Bertz CT molecular complexity index is 1290. The zero-order valence-corrected chi connectivity index (χ0v) is 24.2. The molecule has 2 N–H and O–H groups in total. The van der Waals surface area contributed by atoms with Crippen LogP contribution in [0, 0.1) is 0 Å². The lowest BCUT2D eigenvalue weighted by atomic mass is 10.00. The third-order valence-electron chi connectivity index (χ3n) is 8.43. The summed E-state index contributed by atoms with van der Waals surface area (Å²) in [5.41, 5.74) is 1.84. The number of hydrogen-bond donors (Lipinski definition) is 2. The minimum Gasteiger partial charge on any atom is -0.350 e. The molecule has 2 aliphatic rings. The van der Waals surface area contributed by atoms with Crippen molar-refractivity contribution in [2.45, 2.75) is 57.0 Å². The predicted octanol–water partition coefficient (Wildman–Crippen LogP) is 5.46. The molecule has 40 heavy (non-hydrogen) atoms. The van der Waals surface area contributed by atoms with E-state index in [2.05, 4.69) is 22.5 Å². The van der Waals surface area contributed by atoms with Crippen molar-refractivity contribution in [3.05, 3.63) is 82.9 Å². The average molecular weight is 561 g/mol. The molecule has 0 spiro atoms. The van der Waals surface area contributed by atoms with Gasteiger partial charge in [-0.15, -0.1) is 0 Å². The van der Waals surface area contributed by atoms with Crippen molar-refractivity contribution in [2.24, 2.45) is 0 Å². The fraction of sp³-hybridized carbons (Fsp3) is 0.455. The Morgan fingerprint density at radius 3 is 2.52 bits per heavy atom. The molecule has 2 amide bonds. The molecule has 3 aromatic carbocycles. The third kappa shape index (κ3) is 7.42. The van der Waals surface area contributed by atoms with Crippen LogP contribution < -0.4 is 10.6 Å². The van der Waals surface area contributed by atoms with Crippen LogP contribution in [-0.4, -0.2) is 73.0 Å². The van der Waals surface area contributed by atoms with E-state index < -0.39 is 0 Å². The van der Waals surface area contributed by atoms with E-state index >= 15 is 0 Å².